The van der Waals surface area contributed by atoms with Gasteiger partial charge < -0.3 is 15.3 Å². The number of hydrogen-bond acceptors (Lipinski definition) is 5. The van der Waals surface area contributed by atoms with E-state index in [1.54, 1.807) is 19.1 Å². The number of nitrogens with one attached hydrogen (secondary N) is 1. The highest BCUT2D eigenvalue weighted by molar-refractivity contribution is 8.14. The average molecular weight is 621 g/mol. The van der Waals surface area contributed by atoms with Crippen LogP contribution in [0, 0.1) is 5.92 Å². The third-order valence-corrected chi connectivity index (χ3v) is 10.7. The van der Waals surface area contributed by atoms with Gasteiger partial charge in [-0.15, -0.1) is 0 Å². The van der Waals surface area contributed by atoms with Crippen LogP contribution in [0.5, 0.6) is 0 Å². The lowest BCUT2D eigenvalue weighted by atomic mass is 9.81. The molecule has 0 aliphatic heterocycles. The maximum Gasteiger partial charge on any atom is 0.323 e. The van der Waals surface area contributed by atoms with Gasteiger partial charge in [-0.1, -0.05) is 118 Å². The van der Waals surface area contributed by atoms with E-state index in [1.807, 2.05) is 36.4 Å². The molecule has 6 nitrogen and oxygen atoms in total. The molecule has 2 aromatic carbocycles. The number of carboxylic acid groups (broad SMARTS) is 1. The fourth-order valence-electron chi connectivity index (χ4n) is 7.06. The standard InChI is InChI=1S/C25H29NO4S.C12H23N/c1-18(17-31-25(30)21-10-6-3-7-11-21)24(29)26(16-23(27)28)22-14-12-20(13-15-22)19-8-4-2-5-9-19;1-3-7-11(8-4-1)13-12-9-5-2-6-10-12/h2-11,18,20,22H,12-17H2,1H3,(H,27,28);11-13H,1-10H2/t18-,20-,22+;/m1./s1. The minimum Gasteiger partial charge on any atom is -0.480 e. The molecule has 44 heavy (non-hydrogen) atoms. The highest BCUT2D eigenvalue weighted by atomic mass is 32.2. The van der Waals surface area contributed by atoms with Crippen LogP contribution < -0.4 is 5.32 Å². The van der Waals surface area contributed by atoms with E-state index in [2.05, 4.69) is 17.4 Å². The van der Waals surface area contributed by atoms with Crippen molar-refractivity contribution in [3.05, 3.63) is 71.8 Å². The summed E-state index contributed by atoms with van der Waals surface area (Å²) in [6, 6.07) is 21.0. The average Bonchev–Trinajstić information content (AvgIpc) is 3.07. The van der Waals surface area contributed by atoms with Crippen LogP contribution in [0.3, 0.4) is 0 Å². The van der Waals surface area contributed by atoms with Crippen molar-refractivity contribution in [3.63, 3.8) is 0 Å². The minimum absolute atomic E-state index is 0.0687. The van der Waals surface area contributed by atoms with Crippen LogP contribution in [0.1, 0.15) is 119 Å². The molecule has 240 valence electrons. The third-order valence-electron chi connectivity index (χ3n) is 9.57. The molecule has 0 radical (unpaired) electrons. The molecule has 2 aromatic rings. The Hall–Kier alpha value is -2.64. The topological polar surface area (TPSA) is 86.7 Å². The van der Waals surface area contributed by atoms with Gasteiger partial charge in [-0.25, -0.2) is 0 Å². The van der Waals surface area contributed by atoms with Crippen molar-refractivity contribution >= 4 is 28.8 Å². The number of carboxylic acids is 1. The van der Waals surface area contributed by atoms with Gasteiger partial charge in [0, 0.05) is 35.4 Å². The van der Waals surface area contributed by atoms with Gasteiger partial charge in [0.15, 0.2) is 0 Å². The molecule has 1 atom stereocenters. The first-order chi connectivity index (χ1) is 21.4. The van der Waals surface area contributed by atoms with E-state index in [1.165, 1.54) is 74.7 Å². The summed E-state index contributed by atoms with van der Waals surface area (Å²) < 4.78 is 0. The molecule has 0 bridgehead atoms. The van der Waals surface area contributed by atoms with Crippen molar-refractivity contribution in [2.75, 3.05) is 12.3 Å². The largest absolute Gasteiger partial charge is 0.480 e. The van der Waals surface area contributed by atoms with Crippen LogP contribution in [-0.4, -0.2) is 57.4 Å². The fourth-order valence-corrected chi connectivity index (χ4v) is 7.91. The molecule has 0 spiro atoms. The summed E-state index contributed by atoms with van der Waals surface area (Å²) in [6.07, 6.45) is 18.0. The summed E-state index contributed by atoms with van der Waals surface area (Å²) in [5, 5.41) is 13.2. The van der Waals surface area contributed by atoms with Crippen LogP contribution in [0.2, 0.25) is 0 Å². The second-order valence-electron chi connectivity index (χ2n) is 13.0. The molecule has 3 aliphatic carbocycles. The molecule has 1 amide bonds. The van der Waals surface area contributed by atoms with Gasteiger partial charge >= 0.3 is 5.97 Å². The molecular formula is C37H52N2O4S. The zero-order valence-corrected chi connectivity index (χ0v) is 27.3. The summed E-state index contributed by atoms with van der Waals surface area (Å²) in [6.45, 7) is 1.49. The quantitative estimate of drug-likeness (QED) is 0.279. The number of benzene rings is 2. The zero-order chi connectivity index (χ0) is 31.1. The van der Waals surface area contributed by atoms with E-state index >= 15 is 0 Å². The second-order valence-corrected chi connectivity index (χ2v) is 14.0. The summed E-state index contributed by atoms with van der Waals surface area (Å²) in [5.74, 6) is -0.820. The summed E-state index contributed by atoms with van der Waals surface area (Å²) in [5.41, 5.74) is 1.91. The molecule has 0 unspecified atom stereocenters. The highest BCUT2D eigenvalue weighted by Crippen LogP contribution is 2.35. The molecule has 7 heteroatoms. The summed E-state index contributed by atoms with van der Waals surface area (Å²) in [7, 11) is 0. The lowest BCUT2D eigenvalue weighted by Gasteiger charge is -2.37. The van der Waals surface area contributed by atoms with Gasteiger partial charge in [-0.3, -0.25) is 14.4 Å². The van der Waals surface area contributed by atoms with E-state index in [0.29, 0.717) is 17.2 Å². The maximum absolute atomic E-state index is 13.1. The molecule has 5 rings (SSSR count). The van der Waals surface area contributed by atoms with Crippen molar-refractivity contribution in [2.24, 2.45) is 5.92 Å². The Balaban J connectivity index is 0.000000281. The first-order valence-electron chi connectivity index (χ1n) is 17.0. The van der Waals surface area contributed by atoms with E-state index in [9.17, 15) is 19.5 Å². The minimum atomic E-state index is -1.00. The van der Waals surface area contributed by atoms with E-state index in [0.717, 1.165) is 49.5 Å². The van der Waals surface area contributed by atoms with Gasteiger partial charge in [0.2, 0.25) is 11.0 Å². The molecule has 0 aromatic heterocycles. The third kappa shape index (κ3) is 11.1. The summed E-state index contributed by atoms with van der Waals surface area (Å²) in [4.78, 5) is 38.4. The Labute approximate surface area is 268 Å². The van der Waals surface area contributed by atoms with Crippen LogP contribution in [-0.2, 0) is 9.59 Å². The number of nitrogens with zero attached hydrogens (tertiary/aromatic N) is 1. The van der Waals surface area contributed by atoms with Gasteiger partial charge in [0.25, 0.3) is 0 Å². The van der Waals surface area contributed by atoms with Crippen LogP contribution in [0.4, 0.5) is 0 Å². The van der Waals surface area contributed by atoms with Gasteiger partial charge in [-0.2, -0.15) is 0 Å². The predicted octanol–water partition coefficient (Wildman–Crippen LogP) is 8.08. The SMILES string of the molecule is C1CCC(NC2CCCCC2)CC1.C[C@H](CSC(=O)c1ccccc1)C(=O)N(CC(=O)O)[C@H]1CC[C@@H](c2ccccc2)CC1. The second kappa shape index (κ2) is 18.4. The predicted molar refractivity (Wildman–Crippen MR) is 180 cm³/mol. The van der Waals surface area contributed by atoms with Crippen molar-refractivity contribution < 1.29 is 19.5 Å². The molecular weight excluding hydrogens is 568 g/mol. The molecule has 3 fully saturated rings. The Morgan fingerprint density at radius 3 is 1.82 bits per heavy atom. The fraction of sp³-hybridized carbons (Fsp3) is 0.595. The van der Waals surface area contributed by atoms with Gasteiger partial charge in [-0.05, 0) is 62.8 Å². The van der Waals surface area contributed by atoms with Gasteiger partial charge in [0.1, 0.15) is 6.54 Å². The molecule has 0 heterocycles. The van der Waals surface area contributed by atoms with Gasteiger partial charge in [0.05, 0.1) is 0 Å². The number of rotatable bonds is 10. The van der Waals surface area contributed by atoms with E-state index in [4.69, 9.17) is 0 Å². The van der Waals surface area contributed by atoms with Crippen molar-refractivity contribution in [1.82, 2.24) is 10.2 Å². The first kappa shape index (κ1) is 34.2. The van der Waals surface area contributed by atoms with E-state index in [-0.39, 0.29) is 23.6 Å². The van der Waals surface area contributed by atoms with E-state index < -0.39 is 11.9 Å². The lowest BCUT2D eigenvalue weighted by Crippen LogP contribution is -2.47. The number of carbonyl (C=O) groups excluding carboxylic acids is 2. The number of hydrogen-bond donors (Lipinski definition) is 2. The molecule has 0 saturated heterocycles. The van der Waals surface area contributed by atoms with Crippen LogP contribution >= 0.6 is 11.8 Å². The Kier molecular flexibility index (Phi) is 14.3. The molecule has 3 aliphatic rings. The zero-order valence-electron chi connectivity index (χ0n) is 26.5. The van der Waals surface area contributed by atoms with Crippen molar-refractivity contribution in [2.45, 2.75) is 121 Å². The van der Waals surface area contributed by atoms with Crippen molar-refractivity contribution in [1.29, 1.82) is 0 Å². The normalized spacial score (nSPS) is 21.8. The molecule has 2 N–H and O–H groups in total. The number of amides is 1. The maximum atomic E-state index is 13.1. The Morgan fingerprint density at radius 1 is 0.773 bits per heavy atom. The summed E-state index contributed by atoms with van der Waals surface area (Å²) >= 11 is 1.11. The highest BCUT2D eigenvalue weighted by Gasteiger charge is 2.33. The molecule has 3 saturated carbocycles. The Bertz CT molecular complexity index is 1120. The Morgan fingerprint density at radius 2 is 1.30 bits per heavy atom. The van der Waals surface area contributed by atoms with Crippen LogP contribution in [0.15, 0.2) is 60.7 Å². The van der Waals surface area contributed by atoms with Crippen LogP contribution in [0.25, 0.3) is 0 Å². The first-order valence-corrected chi connectivity index (χ1v) is 17.9. The monoisotopic (exact) mass is 620 g/mol. The smallest absolute Gasteiger partial charge is 0.323 e. The van der Waals surface area contributed by atoms with Crippen molar-refractivity contribution in [3.8, 4) is 0 Å². The number of thioether (sulfide) groups is 1. The number of carbonyl (C=O) groups is 3. The number of aliphatic carboxylic acids is 1. The lowest BCUT2D eigenvalue weighted by molar-refractivity contribution is -0.148.